The topological polar surface area (TPSA) is 26.0 Å². The van der Waals surface area contributed by atoms with Crippen LogP contribution in [-0.2, 0) is 0 Å². The Hall–Kier alpha value is -1.25. The molecule has 0 fully saturated rings. The highest BCUT2D eigenvalue weighted by Gasteiger charge is 2.03. The van der Waals surface area contributed by atoms with Gasteiger partial charge in [0, 0.05) is 15.8 Å². The zero-order valence-electron chi connectivity index (χ0n) is 11.1. The Labute approximate surface area is 113 Å². The van der Waals surface area contributed by atoms with Crippen molar-refractivity contribution in [3.8, 4) is 0 Å². The normalized spacial score (nSPS) is 12.4. The average molecular weight is 257 g/mol. The summed E-state index contributed by atoms with van der Waals surface area (Å²) in [5.74, 6) is 0. The van der Waals surface area contributed by atoms with E-state index in [1.807, 2.05) is 6.92 Å². The van der Waals surface area contributed by atoms with Crippen LogP contribution in [0.3, 0.4) is 0 Å². The summed E-state index contributed by atoms with van der Waals surface area (Å²) >= 11 is 1.80. The summed E-state index contributed by atoms with van der Waals surface area (Å²) in [6, 6.07) is 15.2. The minimum absolute atomic E-state index is 0.102. The number of nitrogens with two attached hydrogens (primary N) is 1. The van der Waals surface area contributed by atoms with Gasteiger partial charge in [-0.1, -0.05) is 41.6 Å². The second kappa shape index (κ2) is 5.59. The Morgan fingerprint density at radius 1 is 1.00 bits per heavy atom. The van der Waals surface area contributed by atoms with Gasteiger partial charge >= 0.3 is 0 Å². The maximum atomic E-state index is 5.85. The Kier molecular flexibility index (Phi) is 4.10. The van der Waals surface area contributed by atoms with Gasteiger partial charge in [0.05, 0.1) is 0 Å². The van der Waals surface area contributed by atoms with Gasteiger partial charge in [0.25, 0.3) is 0 Å². The molecule has 2 rings (SSSR count). The van der Waals surface area contributed by atoms with Crippen molar-refractivity contribution in [2.24, 2.45) is 5.73 Å². The molecule has 0 aliphatic rings. The van der Waals surface area contributed by atoms with Crippen LogP contribution in [0, 0.1) is 13.8 Å². The second-order valence-corrected chi connectivity index (χ2v) is 5.84. The lowest BCUT2D eigenvalue weighted by Crippen LogP contribution is -2.04. The number of aryl methyl sites for hydroxylation is 2. The predicted molar refractivity (Wildman–Crippen MR) is 79.1 cm³/mol. The van der Waals surface area contributed by atoms with Crippen molar-refractivity contribution < 1.29 is 0 Å². The first-order chi connectivity index (χ1) is 8.56. The summed E-state index contributed by atoms with van der Waals surface area (Å²) in [6.07, 6.45) is 0. The van der Waals surface area contributed by atoms with Crippen LogP contribution in [-0.4, -0.2) is 0 Å². The monoisotopic (exact) mass is 257 g/mol. The number of hydrogen-bond acceptors (Lipinski definition) is 2. The predicted octanol–water partition coefficient (Wildman–Crippen LogP) is 4.47. The summed E-state index contributed by atoms with van der Waals surface area (Å²) in [7, 11) is 0. The van der Waals surface area contributed by atoms with Crippen molar-refractivity contribution in [2.45, 2.75) is 36.6 Å². The molecule has 0 aliphatic heterocycles. The molecule has 0 aromatic heterocycles. The Morgan fingerprint density at radius 2 is 1.67 bits per heavy atom. The number of rotatable bonds is 3. The van der Waals surface area contributed by atoms with Crippen LogP contribution in [0.1, 0.15) is 29.7 Å². The maximum Gasteiger partial charge on any atom is 0.0266 e. The molecular weight excluding hydrogens is 238 g/mol. The van der Waals surface area contributed by atoms with E-state index in [1.54, 1.807) is 11.8 Å². The molecule has 0 saturated carbocycles. The van der Waals surface area contributed by atoms with E-state index in [0.29, 0.717) is 0 Å². The van der Waals surface area contributed by atoms with Crippen molar-refractivity contribution in [1.82, 2.24) is 0 Å². The van der Waals surface area contributed by atoms with Gasteiger partial charge < -0.3 is 5.73 Å². The zero-order valence-corrected chi connectivity index (χ0v) is 11.9. The third-order valence-electron chi connectivity index (χ3n) is 2.96. The van der Waals surface area contributed by atoms with Gasteiger partial charge in [-0.25, -0.2) is 0 Å². The lowest BCUT2D eigenvalue weighted by Gasteiger charge is -2.09. The van der Waals surface area contributed by atoms with Crippen molar-refractivity contribution in [3.63, 3.8) is 0 Å². The van der Waals surface area contributed by atoms with Crippen LogP contribution in [0.25, 0.3) is 0 Å². The van der Waals surface area contributed by atoms with E-state index in [0.717, 1.165) is 0 Å². The molecule has 2 N–H and O–H groups in total. The summed E-state index contributed by atoms with van der Waals surface area (Å²) in [5, 5.41) is 0. The molecule has 0 radical (unpaired) electrons. The summed E-state index contributed by atoms with van der Waals surface area (Å²) < 4.78 is 0. The van der Waals surface area contributed by atoms with Crippen LogP contribution in [0.4, 0.5) is 0 Å². The van der Waals surface area contributed by atoms with Gasteiger partial charge in [0.1, 0.15) is 0 Å². The van der Waals surface area contributed by atoms with Crippen molar-refractivity contribution in [2.75, 3.05) is 0 Å². The smallest absolute Gasteiger partial charge is 0.0266 e. The van der Waals surface area contributed by atoms with Crippen LogP contribution in [0.15, 0.2) is 52.3 Å². The van der Waals surface area contributed by atoms with E-state index >= 15 is 0 Å². The molecule has 2 aromatic rings. The SMILES string of the molecule is Cc1ccc(Sc2ccc(C(C)N)cc2)c(C)c1. The van der Waals surface area contributed by atoms with Gasteiger partial charge in [0.15, 0.2) is 0 Å². The van der Waals surface area contributed by atoms with Crippen molar-refractivity contribution >= 4 is 11.8 Å². The fraction of sp³-hybridized carbons (Fsp3) is 0.250. The first-order valence-electron chi connectivity index (χ1n) is 6.17. The third-order valence-corrected chi connectivity index (χ3v) is 4.15. The average Bonchev–Trinajstić information content (AvgIpc) is 2.33. The van der Waals surface area contributed by atoms with Gasteiger partial charge in [-0.2, -0.15) is 0 Å². The van der Waals surface area contributed by atoms with Crippen molar-refractivity contribution in [3.05, 3.63) is 59.2 Å². The molecule has 18 heavy (non-hydrogen) atoms. The van der Waals surface area contributed by atoms with E-state index in [9.17, 15) is 0 Å². The molecule has 94 valence electrons. The lowest BCUT2D eigenvalue weighted by molar-refractivity contribution is 0.817. The van der Waals surface area contributed by atoms with Crippen LogP contribution in [0.5, 0.6) is 0 Å². The number of hydrogen-bond donors (Lipinski definition) is 1. The molecule has 2 aromatic carbocycles. The maximum absolute atomic E-state index is 5.85. The van der Waals surface area contributed by atoms with Crippen LogP contribution >= 0.6 is 11.8 Å². The first-order valence-corrected chi connectivity index (χ1v) is 6.98. The molecule has 1 nitrogen and oxygen atoms in total. The quantitative estimate of drug-likeness (QED) is 0.877. The molecule has 1 atom stereocenters. The highest BCUT2D eigenvalue weighted by Crippen LogP contribution is 2.31. The van der Waals surface area contributed by atoms with Crippen LogP contribution in [0.2, 0.25) is 0 Å². The van der Waals surface area contributed by atoms with E-state index in [-0.39, 0.29) is 6.04 Å². The first kappa shape index (κ1) is 13.2. The molecule has 2 heteroatoms. The third kappa shape index (κ3) is 3.15. The highest BCUT2D eigenvalue weighted by molar-refractivity contribution is 7.99. The summed E-state index contributed by atoms with van der Waals surface area (Å²) in [4.78, 5) is 2.57. The zero-order chi connectivity index (χ0) is 13.1. The number of benzene rings is 2. The second-order valence-electron chi connectivity index (χ2n) is 4.73. The summed E-state index contributed by atoms with van der Waals surface area (Å²) in [6.45, 7) is 6.29. The van der Waals surface area contributed by atoms with Gasteiger partial charge in [0.2, 0.25) is 0 Å². The standard InChI is InChI=1S/C16H19NS/c1-11-4-9-16(12(2)10-11)18-15-7-5-14(6-8-15)13(3)17/h4-10,13H,17H2,1-3H3. The fourth-order valence-corrected chi connectivity index (χ4v) is 2.76. The minimum atomic E-state index is 0.102. The molecule has 0 saturated heterocycles. The molecule has 0 aliphatic carbocycles. The molecule has 0 bridgehead atoms. The summed E-state index contributed by atoms with van der Waals surface area (Å²) in [5.41, 5.74) is 9.67. The highest BCUT2D eigenvalue weighted by atomic mass is 32.2. The van der Waals surface area contributed by atoms with Gasteiger partial charge in [-0.15, -0.1) is 0 Å². The van der Waals surface area contributed by atoms with Crippen LogP contribution < -0.4 is 5.73 Å². The van der Waals surface area contributed by atoms with Gasteiger partial charge in [-0.3, -0.25) is 0 Å². The largest absolute Gasteiger partial charge is 0.324 e. The minimum Gasteiger partial charge on any atom is -0.324 e. The molecular formula is C16H19NS. The fourth-order valence-electron chi connectivity index (χ4n) is 1.88. The van der Waals surface area contributed by atoms with Gasteiger partial charge in [-0.05, 0) is 50.1 Å². The van der Waals surface area contributed by atoms with E-state index in [2.05, 4.69) is 56.3 Å². The van der Waals surface area contributed by atoms with E-state index in [1.165, 1.54) is 26.5 Å². The Bertz CT molecular complexity index is 529. The Morgan fingerprint density at radius 3 is 2.22 bits per heavy atom. The van der Waals surface area contributed by atoms with E-state index in [4.69, 9.17) is 5.73 Å². The lowest BCUT2D eigenvalue weighted by atomic mass is 10.1. The molecule has 0 amide bonds. The molecule has 0 heterocycles. The molecule has 0 spiro atoms. The van der Waals surface area contributed by atoms with Crippen molar-refractivity contribution in [1.29, 1.82) is 0 Å². The van der Waals surface area contributed by atoms with E-state index < -0.39 is 0 Å². The molecule has 1 unspecified atom stereocenters. The Balaban J connectivity index is 2.18.